The Labute approximate surface area is 125 Å². The molecule has 1 amide bonds. The van der Waals surface area contributed by atoms with Crippen LogP contribution in [0.2, 0.25) is 0 Å². The van der Waals surface area contributed by atoms with Gasteiger partial charge in [0.1, 0.15) is 5.82 Å². The highest BCUT2D eigenvalue weighted by Crippen LogP contribution is 2.22. The monoisotopic (exact) mass is 290 g/mol. The molecule has 2 aliphatic rings. The second kappa shape index (κ2) is 6.56. The summed E-state index contributed by atoms with van der Waals surface area (Å²) in [7, 11) is 0. The zero-order chi connectivity index (χ0) is 14.7. The third-order valence-electron chi connectivity index (χ3n) is 4.66. The zero-order valence-electron chi connectivity index (χ0n) is 12.4. The van der Waals surface area contributed by atoms with Gasteiger partial charge < -0.3 is 9.80 Å². The largest absolute Gasteiger partial charge is 0.338 e. The molecule has 0 spiro atoms. The molecule has 2 saturated heterocycles. The lowest BCUT2D eigenvalue weighted by atomic mass is 10.1. The van der Waals surface area contributed by atoms with Gasteiger partial charge in [-0.2, -0.15) is 0 Å². The molecule has 1 aromatic carbocycles. The fourth-order valence-electron chi connectivity index (χ4n) is 3.52. The Hall–Kier alpha value is -1.42. The first-order valence-corrected chi connectivity index (χ1v) is 7.99. The van der Waals surface area contributed by atoms with Crippen molar-refractivity contribution < 1.29 is 9.18 Å². The van der Waals surface area contributed by atoms with E-state index in [9.17, 15) is 9.18 Å². The van der Waals surface area contributed by atoms with Gasteiger partial charge in [-0.05, 0) is 50.4 Å². The summed E-state index contributed by atoms with van der Waals surface area (Å²) in [6, 6.07) is 6.90. The van der Waals surface area contributed by atoms with Gasteiger partial charge in [-0.3, -0.25) is 4.79 Å². The lowest BCUT2D eigenvalue weighted by Gasteiger charge is -2.28. The Morgan fingerprint density at radius 2 is 1.90 bits per heavy atom. The predicted octanol–water partition coefficient (Wildman–Crippen LogP) is 2.46. The van der Waals surface area contributed by atoms with Gasteiger partial charge in [0.2, 0.25) is 5.91 Å². The average Bonchev–Trinajstić information content (AvgIpc) is 3.13. The minimum Gasteiger partial charge on any atom is -0.338 e. The summed E-state index contributed by atoms with van der Waals surface area (Å²) in [5, 5.41) is 0. The Kier molecular flexibility index (Phi) is 4.54. The van der Waals surface area contributed by atoms with E-state index in [1.54, 1.807) is 18.2 Å². The minimum atomic E-state index is -0.277. The van der Waals surface area contributed by atoms with E-state index >= 15 is 0 Å². The molecule has 0 N–H and O–H groups in total. The number of halogens is 1. The predicted molar refractivity (Wildman–Crippen MR) is 80.5 cm³/mol. The van der Waals surface area contributed by atoms with Gasteiger partial charge in [-0.25, -0.2) is 4.39 Å². The number of likely N-dealkylation sites (tertiary alicyclic amines) is 2. The highest BCUT2D eigenvalue weighted by Gasteiger charge is 2.30. The normalized spacial score (nSPS) is 22.9. The molecule has 2 aliphatic heterocycles. The first-order valence-electron chi connectivity index (χ1n) is 7.99. The maximum atomic E-state index is 13.7. The van der Waals surface area contributed by atoms with E-state index in [0.29, 0.717) is 11.6 Å². The van der Waals surface area contributed by atoms with Crippen molar-refractivity contribution in [2.24, 2.45) is 0 Å². The Morgan fingerprint density at radius 1 is 1.14 bits per heavy atom. The number of amides is 1. The van der Waals surface area contributed by atoms with Crippen molar-refractivity contribution in [3.8, 4) is 0 Å². The molecule has 2 heterocycles. The van der Waals surface area contributed by atoms with Gasteiger partial charge in [-0.1, -0.05) is 18.2 Å². The van der Waals surface area contributed by atoms with Crippen molar-refractivity contribution in [2.75, 3.05) is 26.2 Å². The Morgan fingerprint density at radius 3 is 2.67 bits per heavy atom. The summed E-state index contributed by atoms with van der Waals surface area (Å²) in [5.74, 6) is -0.206. The number of nitrogens with zero attached hydrogens (tertiary/aromatic N) is 2. The minimum absolute atomic E-state index is 0.0711. The molecule has 1 aromatic rings. The van der Waals surface area contributed by atoms with Crippen LogP contribution in [-0.2, 0) is 11.2 Å². The van der Waals surface area contributed by atoms with E-state index in [-0.39, 0.29) is 18.1 Å². The molecular weight excluding hydrogens is 267 g/mol. The standard InChI is InChI=1S/C17H23FN2O/c18-16-8-2-1-6-14(16)12-17(21)20-11-5-7-15(20)13-19-9-3-4-10-19/h1-2,6,8,15H,3-5,7,9-13H2/t15-/m0/s1. The van der Waals surface area contributed by atoms with Crippen molar-refractivity contribution >= 4 is 5.91 Å². The molecule has 0 bridgehead atoms. The smallest absolute Gasteiger partial charge is 0.227 e. The van der Waals surface area contributed by atoms with Crippen LogP contribution in [0.1, 0.15) is 31.2 Å². The van der Waals surface area contributed by atoms with E-state index in [1.807, 2.05) is 4.90 Å². The van der Waals surface area contributed by atoms with E-state index < -0.39 is 0 Å². The Bertz CT molecular complexity index is 499. The molecule has 0 aliphatic carbocycles. The molecule has 0 radical (unpaired) electrons. The lowest BCUT2D eigenvalue weighted by Crippen LogP contribution is -2.43. The molecular formula is C17H23FN2O. The maximum Gasteiger partial charge on any atom is 0.227 e. The van der Waals surface area contributed by atoms with Gasteiger partial charge in [0, 0.05) is 19.1 Å². The van der Waals surface area contributed by atoms with Crippen molar-refractivity contribution in [1.82, 2.24) is 9.80 Å². The molecule has 1 atom stereocenters. The molecule has 2 fully saturated rings. The summed E-state index contributed by atoms with van der Waals surface area (Å²) < 4.78 is 13.7. The van der Waals surface area contributed by atoms with Gasteiger partial charge in [0.15, 0.2) is 0 Å². The second-order valence-electron chi connectivity index (χ2n) is 6.16. The fourth-order valence-corrected chi connectivity index (χ4v) is 3.52. The van der Waals surface area contributed by atoms with Crippen LogP contribution in [0.25, 0.3) is 0 Å². The number of benzene rings is 1. The summed E-state index contributed by atoms with van der Waals surface area (Å²) in [5.41, 5.74) is 0.509. The van der Waals surface area contributed by atoms with E-state index in [4.69, 9.17) is 0 Å². The summed E-state index contributed by atoms with van der Waals surface area (Å²) in [4.78, 5) is 16.9. The SMILES string of the molecule is O=C(Cc1ccccc1F)N1CCC[C@H]1CN1CCCC1. The molecule has 3 rings (SSSR count). The number of carbonyl (C=O) groups is 1. The van der Waals surface area contributed by atoms with Crippen LogP contribution in [0.3, 0.4) is 0 Å². The summed E-state index contributed by atoms with van der Waals surface area (Å²) in [6.45, 7) is 4.13. The number of hydrogen-bond acceptors (Lipinski definition) is 2. The number of hydrogen-bond donors (Lipinski definition) is 0. The molecule has 0 unspecified atom stereocenters. The van der Waals surface area contributed by atoms with Crippen LogP contribution >= 0.6 is 0 Å². The van der Waals surface area contributed by atoms with Gasteiger partial charge in [-0.15, -0.1) is 0 Å². The van der Waals surface area contributed by atoms with Crippen molar-refractivity contribution in [1.29, 1.82) is 0 Å². The fraction of sp³-hybridized carbons (Fsp3) is 0.588. The molecule has 0 saturated carbocycles. The van der Waals surface area contributed by atoms with Gasteiger partial charge in [0.05, 0.1) is 6.42 Å². The highest BCUT2D eigenvalue weighted by molar-refractivity contribution is 5.79. The first kappa shape index (κ1) is 14.5. The topological polar surface area (TPSA) is 23.6 Å². The summed E-state index contributed by atoms with van der Waals surface area (Å²) >= 11 is 0. The maximum absolute atomic E-state index is 13.7. The van der Waals surface area contributed by atoms with Crippen molar-refractivity contribution in [2.45, 2.75) is 38.1 Å². The molecule has 21 heavy (non-hydrogen) atoms. The van der Waals surface area contributed by atoms with Crippen LogP contribution in [0, 0.1) is 5.82 Å². The van der Waals surface area contributed by atoms with Gasteiger partial charge in [0.25, 0.3) is 0 Å². The zero-order valence-corrected chi connectivity index (χ0v) is 12.4. The Balaban J connectivity index is 1.61. The third-order valence-corrected chi connectivity index (χ3v) is 4.66. The van der Waals surface area contributed by atoms with Crippen LogP contribution < -0.4 is 0 Å². The van der Waals surface area contributed by atoms with E-state index in [1.165, 1.54) is 18.9 Å². The van der Waals surface area contributed by atoms with E-state index in [0.717, 1.165) is 39.0 Å². The van der Waals surface area contributed by atoms with E-state index in [2.05, 4.69) is 4.90 Å². The lowest BCUT2D eigenvalue weighted by molar-refractivity contribution is -0.131. The molecule has 4 heteroatoms. The third kappa shape index (κ3) is 3.43. The van der Waals surface area contributed by atoms with Gasteiger partial charge >= 0.3 is 0 Å². The number of carbonyl (C=O) groups excluding carboxylic acids is 1. The average molecular weight is 290 g/mol. The van der Waals surface area contributed by atoms with Crippen LogP contribution in [-0.4, -0.2) is 47.9 Å². The van der Waals surface area contributed by atoms with Crippen LogP contribution in [0.5, 0.6) is 0 Å². The number of rotatable bonds is 4. The molecule has 114 valence electrons. The highest BCUT2D eigenvalue weighted by atomic mass is 19.1. The quantitative estimate of drug-likeness (QED) is 0.850. The van der Waals surface area contributed by atoms with Crippen LogP contribution in [0.15, 0.2) is 24.3 Å². The molecule has 3 nitrogen and oxygen atoms in total. The first-order chi connectivity index (χ1) is 10.2. The molecule has 0 aromatic heterocycles. The van der Waals surface area contributed by atoms with Crippen molar-refractivity contribution in [3.05, 3.63) is 35.6 Å². The second-order valence-corrected chi connectivity index (χ2v) is 6.16. The summed E-state index contributed by atoms with van der Waals surface area (Å²) in [6.07, 6.45) is 4.88. The van der Waals surface area contributed by atoms with Crippen molar-refractivity contribution in [3.63, 3.8) is 0 Å². The van der Waals surface area contributed by atoms with Crippen LogP contribution in [0.4, 0.5) is 4.39 Å².